The van der Waals surface area contributed by atoms with E-state index in [1.54, 1.807) is 0 Å². The summed E-state index contributed by atoms with van der Waals surface area (Å²) in [5, 5.41) is 6.79. The van der Waals surface area contributed by atoms with Gasteiger partial charge in [-0.1, -0.05) is 29.8 Å². The Morgan fingerprint density at radius 2 is 1.93 bits per heavy atom. The first-order chi connectivity index (χ1) is 13.3. The third-order valence-electron chi connectivity index (χ3n) is 5.01. The van der Waals surface area contributed by atoms with Gasteiger partial charge in [0.15, 0.2) is 5.96 Å². The van der Waals surface area contributed by atoms with E-state index >= 15 is 0 Å². The van der Waals surface area contributed by atoms with Crippen molar-refractivity contribution in [3.8, 4) is 0 Å². The van der Waals surface area contributed by atoms with Gasteiger partial charge in [0.1, 0.15) is 0 Å². The second-order valence-electron chi connectivity index (χ2n) is 7.17. The molecule has 2 N–H and O–H groups in total. The number of aromatic nitrogens is 1. The highest BCUT2D eigenvalue weighted by atomic mass is 127. The number of aryl methyl sites for hydroxylation is 1. The number of guanidine groups is 1. The maximum atomic E-state index is 6.13. The molecule has 1 aromatic heterocycles. The number of nitrogens with zero attached hydrogens (tertiary/aromatic N) is 2. The van der Waals surface area contributed by atoms with Gasteiger partial charge in [-0.3, -0.25) is 4.99 Å². The molecule has 1 saturated heterocycles. The zero-order valence-corrected chi connectivity index (χ0v) is 19.3. The van der Waals surface area contributed by atoms with Crippen LogP contribution >= 0.6 is 24.0 Å². The average Bonchev–Trinajstić information content (AvgIpc) is 3.20. The third kappa shape index (κ3) is 6.81. The Balaban J connectivity index is 0.00000280. The van der Waals surface area contributed by atoms with Crippen molar-refractivity contribution in [2.45, 2.75) is 39.3 Å². The fourth-order valence-corrected chi connectivity index (χ4v) is 3.53. The Bertz CT molecular complexity index is 700. The lowest BCUT2D eigenvalue weighted by Crippen LogP contribution is -2.39. The van der Waals surface area contributed by atoms with E-state index in [2.05, 4.69) is 65.7 Å². The van der Waals surface area contributed by atoms with Crippen LogP contribution in [0.15, 0.2) is 53.8 Å². The molecular formula is C22H33IN4O. The van der Waals surface area contributed by atoms with Gasteiger partial charge in [0.25, 0.3) is 0 Å². The predicted molar refractivity (Wildman–Crippen MR) is 126 cm³/mol. The summed E-state index contributed by atoms with van der Waals surface area (Å²) in [5.41, 5.74) is 2.55. The number of ether oxygens (including phenoxy) is 1. The second-order valence-corrected chi connectivity index (χ2v) is 7.17. The van der Waals surface area contributed by atoms with Gasteiger partial charge in [0.2, 0.25) is 0 Å². The van der Waals surface area contributed by atoms with Gasteiger partial charge in [-0.15, -0.1) is 24.0 Å². The molecule has 3 rings (SSSR count). The number of benzene rings is 1. The quantitative estimate of drug-likeness (QED) is 0.344. The van der Waals surface area contributed by atoms with Crippen molar-refractivity contribution in [1.82, 2.24) is 15.2 Å². The van der Waals surface area contributed by atoms with Crippen LogP contribution in [0.2, 0.25) is 0 Å². The second kappa shape index (κ2) is 12.1. The highest BCUT2D eigenvalue weighted by molar-refractivity contribution is 14.0. The van der Waals surface area contributed by atoms with Crippen molar-refractivity contribution in [3.63, 3.8) is 0 Å². The number of hydrogen-bond acceptors (Lipinski definition) is 2. The molecule has 28 heavy (non-hydrogen) atoms. The van der Waals surface area contributed by atoms with Crippen LogP contribution < -0.4 is 10.6 Å². The van der Waals surface area contributed by atoms with Gasteiger partial charge < -0.3 is 19.9 Å². The van der Waals surface area contributed by atoms with E-state index in [0.717, 1.165) is 51.6 Å². The molecule has 0 spiro atoms. The lowest BCUT2D eigenvalue weighted by atomic mass is 9.89. The molecular weight excluding hydrogens is 463 g/mol. The smallest absolute Gasteiger partial charge is 0.191 e. The molecule has 0 amide bonds. The van der Waals surface area contributed by atoms with Crippen LogP contribution in [0.5, 0.6) is 0 Å². The molecule has 0 bridgehead atoms. The minimum Gasteiger partial charge on any atom is -0.373 e. The van der Waals surface area contributed by atoms with Gasteiger partial charge in [-0.25, -0.2) is 0 Å². The van der Waals surface area contributed by atoms with Crippen molar-refractivity contribution in [2.24, 2.45) is 10.9 Å². The molecule has 5 nitrogen and oxygen atoms in total. The Morgan fingerprint density at radius 3 is 2.64 bits per heavy atom. The maximum Gasteiger partial charge on any atom is 0.191 e. The van der Waals surface area contributed by atoms with Gasteiger partial charge in [-0.05, 0) is 44.4 Å². The standard InChI is InChI=1S/C22H32N4O.HI/c1-3-23-22(24-12-15-26-13-4-5-14-26)25-17-20-7-6-16-27-21(20)19-10-8-18(2)9-11-19;/h4-5,8-11,13-14,20-21H,3,6-7,12,15-17H2,1-2H3,(H2,23,24,25);1H. The van der Waals surface area contributed by atoms with Gasteiger partial charge in [0, 0.05) is 51.1 Å². The van der Waals surface area contributed by atoms with Crippen LogP contribution in [0.4, 0.5) is 0 Å². The molecule has 2 aromatic rings. The zero-order valence-electron chi connectivity index (χ0n) is 16.9. The Kier molecular flexibility index (Phi) is 9.84. The summed E-state index contributed by atoms with van der Waals surface area (Å²) in [5.74, 6) is 1.30. The van der Waals surface area contributed by atoms with E-state index in [-0.39, 0.29) is 30.1 Å². The number of nitrogens with one attached hydrogen (secondary N) is 2. The molecule has 6 heteroatoms. The first kappa shape index (κ1) is 22.7. The fourth-order valence-electron chi connectivity index (χ4n) is 3.53. The molecule has 2 heterocycles. The maximum absolute atomic E-state index is 6.13. The number of hydrogen-bond donors (Lipinski definition) is 2. The topological polar surface area (TPSA) is 50.6 Å². The Labute approximate surface area is 186 Å². The molecule has 2 unspecified atom stereocenters. The SMILES string of the molecule is CCNC(=NCC1CCCOC1c1ccc(C)cc1)NCCn1cccc1.I. The van der Waals surface area contributed by atoms with Crippen LogP contribution in [0.1, 0.15) is 37.0 Å². The molecule has 1 aliphatic rings. The molecule has 0 aliphatic carbocycles. The normalized spacial score (nSPS) is 19.7. The molecule has 0 saturated carbocycles. The van der Waals surface area contributed by atoms with Crippen LogP contribution in [-0.2, 0) is 11.3 Å². The molecule has 2 atom stereocenters. The van der Waals surface area contributed by atoms with Crippen molar-refractivity contribution in [3.05, 3.63) is 59.9 Å². The van der Waals surface area contributed by atoms with E-state index in [9.17, 15) is 0 Å². The minimum atomic E-state index is 0. The third-order valence-corrected chi connectivity index (χ3v) is 5.01. The fraction of sp³-hybridized carbons (Fsp3) is 0.500. The summed E-state index contributed by atoms with van der Waals surface area (Å²) in [6, 6.07) is 12.8. The first-order valence-corrected chi connectivity index (χ1v) is 10.1. The molecule has 154 valence electrons. The highest BCUT2D eigenvalue weighted by Gasteiger charge is 2.27. The van der Waals surface area contributed by atoms with Crippen LogP contribution in [0.25, 0.3) is 0 Å². The zero-order chi connectivity index (χ0) is 18.9. The molecule has 1 aliphatic heterocycles. The van der Waals surface area contributed by atoms with Crippen molar-refractivity contribution in [1.29, 1.82) is 0 Å². The van der Waals surface area contributed by atoms with E-state index in [1.807, 2.05) is 12.1 Å². The summed E-state index contributed by atoms with van der Waals surface area (Å²) in [6.07, 6.45) is 6.57. The van der Waals surface area contributed by atoms with Gasteiger partial charge >= 0.3 is 0 Å². The van der Waals surface area contributed by atoms with E-state index in [1.165, 1.54) is 11.1 Å². The number of aliphatic imine (C=N–C) groups is 1. The Morgan fingerprint density at radius 1 is 1.18 bits per heavy atom. The monoisotopic (exact) mass is 496 g/mol. The van der Waals surface area contributed by atoms with Crippen LogP contribution in [-0.4, -0.2) is 36.8 Å². The highest BCUT2D eigenvalue weighted by Crippen LogP contribution is 2.33. The van der Waals surface area contributed by atoms with Crippen LogP contribution in [0.3, 0.4) is 0 Å². The van der Waals surface area contributed by atoms with Gasteiger partial charge in [0.05, 0.1) is 6.10 Å². The predicted octanol–water partition coefficient (Wildman–Crippen LogP) is 4.14. The molecule has 0 radical (unpaired) electrons. The van der Waals surface area contributed by atoms with Crippen molar-refractivity contribution < 1.29 is 4.74 Å². The first-order valence-electron chi connectivity index (χ1n) is 10.1. The summed E-state index contributed by atoms with van der Waals surface area (Å²) < 4.78 is 8.29. The average molecular weight is 496 g/mol. The van der Waals surface area contributed by atoms with E-state index in [4.69, 9.17) is 9.73 Å². The summed E-state index contributed by atoms with van der Waals surface area (Å²) >= 11 is 0. The lowest BCUT2D eigenvalue weighted by Gasteiger charge is -2.31. The molecule has 1 fully saturated rings. The van der Waals surface area contributed by atoms with E-state index < -0.39 is 0 Å². The van der Waals surface area contributed by atoms with Crippen molar-refractivity contribution in [2.75, 3.05) is 26.2 Å². The Hall–Kier alpha value is -1.54. The summed E-state index contributed by atoms with van der Waals surface area (Å²) in [4.78, 5) is 4.85. The van der Waals surface area contributed by atoms with Crippen molar-refractivity contribution >= 4 is 29.9 Å². The van der Waals surface area contributed by atoms with E-state index in [0.29, 0.717) is 5.92 Å². The largest absolute Gasteiger partial charge is 0.373 e. The lowest BCUT2D eigenvalue weighted by molar-refractivity contribution is -0.0250. The number of rotatable bonds is 7. The van der Waals surface area contributed by atoms with Gasteiger partial charge in [-0.2, -0.15) is 0 Å². The molecule has 1 aromatic carbocycles. The summed E-state index contributed by atoms with van der Waals surface area (Å²) in [7, 11) is 0. The minimum absolute atomic E-state index is 0. The van der Waals surface area contributed by atoms with Crippen LogP contribution in [0, 0.1) is 12.8 Å². The summed E-state index contributed by atoms with van der Waals surface area (Å²) in [6.45, 7) is 8.47. The number of halogens is 1.